The van der Waals surface area contributed by atoms with Gasteiger partial charge in [0.15, 0.2) is 0 Å². The molecule has 0 aliphatic rings. The van der Waals surface area contributed by atoms with Gasteiger partial charge >= 0.3 is 5.63 Å². The van der Waals surface area contributed by atoms with Crippen LogP contribution in [0.15, 0.2) is 69.9 Å². The van der Waals surface area contributed by atoms with E-state index in [1.54, 1.807) is 0 Å². The van der Waals surface area contributed by atoms with E-state index in [-0.39, 0.29) is 5.63 Å². The molecule has 2 nitrogen and oxygen atoms in total. The van der Waals surface area contributed by atoms with E-state index in [1.807, 2.05) is 60.7 Å². The molecule has 0 fully saturated rings. The zero-order valence-corrected chi connectivity index (χ0v) is 11.3. The van der Waals surface area contributed by atoms with Crippen LogP contribution in [-0.2, 0) is 0 Å². The Morgan fingerprint density at radius 3 is 2.45 bits per heavy atom. The zero-order valence-electron chi connectivity index (χ0n) is 10.5. The lowest BCUT2D eigenvalue weighted by atomic mass is 10.1. The number of benzene rings is 2. The summed E-state index contributed by atoms with van der Waals surface area (Å²) in [7, 11) is 0. The van der Waals surface area contributed by atoms with E-state index in [1.165, 1.54) is 11.3 Å². The second kappa shape index (κ2) is 4.32. The molecule has 0 aliphatic heterocycles. The largest absolute Gasteiger partial charge is 0.422 e. The van der Waals surface area contributed by atoms with Gasteiger partial charge in [0.25, 0.3) is 0 Å². The van der Waals surface area contributed by atoms with E-state index in [2.05, 4.69) is 0 Å². The Morgan fingerprint density at radius 1 is 0.850 bits per heavy atom. The van der Waals surface area contributed by atoms with Crippen molar-refractivity contribution >= 4 is 31.5 Å². The van der Waals surface area contributed by atoms with Crippen molar-refractivity contribution in [1.82, 2.24) is 0 Å². The predicted octanol–water partition coefficient (Wildman–Crippen LogP) is 4.67. The van der Waals surface area contributed by atoms with Gasteiger partial charge in [-0.1, -0.05) is 48.5 Å². The fourth-order valence-electron chi connectivity index (χ4n) is 2.41. The molecule has 2 heterocycles. The first-order chi connectivity index (χ1) is 9.83. The molecular formula is C17H10O2S. The average molecular weight is 278 g/mol. The molecule has 4 rings (SSSR count). The number of hydrogen-bond acceptors (Lipinski definition) is 3. The minimum absolute atomic E-state index is 0.262. The molecule has 0 radical (unpaired) electrons. The van der Waals surface area contributed by atoms with E-state index in [0.29, 0.717) is 10.5 Å². The van der Waals surface area contributed by atoms with Crippen molar-refractivity contribution < 1.29 is 4.42 Å². The maximum Gasteiger partial charge on any atom is 0.354 e. The van der Waals surface area contributed by atoms with Crippen LogP contribution in [0.25, 0.3) is 31.5 Å². The van der Waals surface area contributed by atoms with Gasteiger partial charge in [0.05, 0.1) is 0 Å². The van der Waals surface area contributed by atoms with Crippen LogP contribution < -0.4 is 5.63 Å². The monoisotopic (exact) mass is 278 g/mol. The Morgan fingerprint density at radius 2 is 1.60 bits per heavy atom. The van der Waals surface area contributed by atoms with Crippen LogP contribution in [0.5, 0.6) is 0 Å². The van der Waals surface area contributed by atoms with Gasteiger partial charge in [0.2, 0.25) is 0 Å². The summed E-state index contributed by atoms with van der Waals surface area (Å²) in [5.41, 5.74) is 0.657. The molecule has 0 N–H and O–H groups in total. The van der Waals surface area contributed by atoms with E-state index < -0.39 is 0 Å². The summed E-state index contributed by atoms with van der Waals surface area (Å²) in [6.45, 7) is 0. The molecule has 2 aromatic carbocycles. The van der Waals surface area contributed by atoms with E-state index in [9.17, 15) is 4.79 Å². The van der Waals surface area contributed by atoms with Gasteiger partial charge in [-0.25, -0.2) is 4.79 Å². The molecule has 2 aromatic heterocycles. The molecule has 0 unspecified atom stereocenters. The zero-order chi connectivity index (χ0) is 13.5. The highest BCUT2D eigenvalue weighted by Gasteiger charge is 2.11. The SMILES string of the molecule is O=c1oc(-c2ccccc2)cc2c1sc1ccccc12. The lowest BCUT2D eigenvalue weighted by molar-refractivity contribution is 0.536. The Labute approximate surface area is 118 Å². The van der Waals surface area contributed by atoms with Crippen molar-refractivity contribution in [3.63, 3.8) is 0 Å². The highest BCUT2D eigenvalue weighted by molar-refractivity contribution is 7.25. The summed E-state index contributed by atoms with van der Waals surface area (Å²) in [5.74, 6) is 0.617. The summed E-state index contributed by atoms with van der Waals surface area (Å²) < 4.78 is 7.26. The molecule has 4 aromatic rings. The Kier molecular flexibility index (Phi) is 2.47. The molecule has 3 heteroatoms. The fraction of sp³-hybridized carbons (Fsp3) is 0. The van der Waals surface area contributed by atoms with Gasteiger partial charge in [-0.2, -0.15) is 0 Å². The molecule has 0 atom stereocenters. The van der Waals surface area contributed by atoms with Crippen molar-refractivity contribution in [2.75, 3.05) is 0 Å². The average Bonchev–Trinajstić information content (AvgIpc) is 2.88. The maximum absolute atomic E-state index is 12.2. The predicted molar refractivity (Wildman–Crippen MR) is 83.3 cm³/mol. The van der Waals surface area contributed by atoms with Gasteiger partial charge in [-0.3, -0.25) is 0 Å². The first-order valence-electron chi connectivity index (χ1n) is 6.34. The molecule has 0 aliphatic carbocycles. The fourth-order valence-corrected chi connectivity index (χ4v) is 3.47. The van der Waals surface area contributed by atoms with Gasteiger partial charge < -0.3 is 4.42 Å². The van der Waals surface area contributed by atoms with E-state index in [0.717, 1.165) is 21.0 Å². The molecule has 0 amide bonds. The normalized spacial score (nSPS) is 11.2. The van der Waals surface area contributed by atoms with Crippen molar-refractivity contribution in [3.8, 4) is 11.3 Å². The number of hydrogen-bond donors (Lipinski definition) is 0. The minimum atomic E-state index is -0.262. The highest BCUT2D eigenvalue weighted by Crippen LogP contribution is 2.33. The van der Waals surface area contributed by atoms with Gasteiger partial charge in [0, 0.05) is 21.0 Å². The summed E-state index contributed by atoms with van der Waals surface area (Å²) in [4.78, 5) is 12.2. The van der Waals surface area contributed by atoms with Crippen LogP contribution >= 0.6 is 11.3 Å². The summed E-state index contributed by atoms with van der Waals surface area (Å²) in [6.07, 6.45) is 0. The van der Waals surface area contributed by atoms with Crippen LogP contribution in [0.1, 0.15) is 0 Å². The van der Waals surface area contributed by atoms with E-state index in [4.69, 9.17) is 4.42 Å². The summed E-state index contributed by atoms with van der Waals surface area (Å²) in [6, 6.07) is 19.7. The maximum atomic E-state index is 12.2. The minimum Gasteiger partial charge on any atom is -0.422 e. The van der Waals surface area contributed by atoms with Crippen LogP contribution in [-0.4, -0.2) is 0 Å². The van der Waals surface area contributed by atoms with Crippen LogP contribution in [0.3, 0.4) is 0 Å². The van der Waals surface area contributed by atoms with Crippen LogP contribution in [0, 0.1) is 0 Å². The van der Waals surface area contributed by atoms with Crippen molar-refractivity contribution in [3.05, 3.63) is 71.1 Å². The Hall–Kier alpha value is -2.39. The molecule has 0 bridgehead atoms. The van der Waals surface area contributed by atoms with Crippen molar-refractivity contribution in [1.29, 1.82) is 0 Å². The third-order valence-corrected chi connectivity index (χ3v) is 4.52. The molecule has 0 spiro atoms. The number of fused-ring (bicyclic) bond motifs is 3. The first-order valence-corrected chi connectivity index (χ1v) is 7.15. The number of thiophene rings is 1. The van der Waals surface area contributed by atoms with Crippen LogP contribution in [0.2, 0.25) is 0 Å². The van der Waals surface area contributed by atoms with Gasteiger partial charge in [-0.15, -0.1) is 11.3 Å². The standard InChI is InChI=1S/C17H10O2S/c18-17-16-13(12-8-4-5-9-15(12)20-16)10-14(19-17)11-6-2-1-3-7-11/h1-10H. The first kappa shape index (κ1) is 11.4. The lowest BCUT2D eigenvalue weighted by Gasteiger charge is -2.00. The lowest BCUT2D eigenvalue weighted by Crippen LogP contribution is -1.97. The molecule has 0 saturated carbocycles. The Balaban J connectivity index is 2.11. The van der Waals surface area contributed by atoms with E-state index >= 15 is 0 Å². The summed E-state index contributed by atoms with van der Waals surface area (Å²) >= 11 is 1.49. The quantitative estimate of drug-likeness (QED) is 0.506. The highest BCUT2D eigenvalue weighted by atomic mass is 32.1. The van der Waals surface area contributed by atoms with Crippen molar-refractivity contribution in [2.45, 2.75) is 0 Å². The Bertz CT molecular complexity index is 965. The van der Waals surface area contributed by atoms with Crippen LogP contribution in [0.4, 0.5) is 0 Å². The third kappa shape index (κ3) is 1.67. The van der Waals surface area contributed by atoms with Crippen molar-refractivity contribution in [2.24, 2.45) is 0 Å². The van der Waals surface area contributed by atoms with Gasteiger partial charge in [-0.05, 0) is 12.1 Å². The smallest absolute Gasteiger partial charge is 0.354 e. The second-order valence-corrected chi connectivity index (χ2v) is 5.66. The molecular weight excluding hydrogens is 268 g/mol. The molecule has 96 valence electrons. The molecule has 0 saturated heterocycles. The second-order valence-electron chi connectivity index (χ2n) is 4.61. The summed E-state index contributed by atoms with van der Waals surface area (Å²) in [5, 5.41) is 2.08. The third-order valence-electron chi connectivity index (χ3n) is 3.36. The van der Waals surface area contributed by atoms with Gasteiger partial charge in [0.1, 0.15) is 10.5 Å². The topological polar surface area (TPSA) is 30.2 Å². The molecule has 20 heavy (non-hydrogen) atoms. The number of rotatable bonds is 1.